The molecular formula is C26H28O5. The van der Waals surface area contributed by atoms with Gasteiger partial charge >= 0.3 is 5.97 Å². The van der Waals surface area contributed by atoms with Crippen LogP contribution in [-0.2, 0) is 10.2 Å². The van der Waals surface area contributed by atoms with Crippen LogP contribution in [0.5, 0.6) is 11.5 Å². The molecule has 1 atom stereocenters. The second-order valence-corrected chi connectivity index (χ2v) is 8.10. The molecule has 1 unspecified atom stereocenters. The number of ether oxygens (including phenoxy) is 2. The molecule has 0 heterocycles. The Hall–Kier alpha value is -3.34. The highest BCUT2D eigenvalue weighted by atomic mass is 16.5. The van der Waals surface area contributed by atoms with Crippen LogP contribution in [0.2, 0.25) is 0 Å². The largest absolute Gasteiger partial charge is 0.496 e. The molecule has 1 N–H and O–H groups in total. The van der Waals surface area contributed by atoms with Gasteiger partial charge in [0.15, 0.2) is 5.78 Å². The Kier molecular flexibility index (Phi) is 5.81. The Morgan fingerprint density at radius 1 is 0.935 bits per heavy atom. The Labute approximate surface area is 183 Å². The van der Waals surface area contributed by atoms with Crippen molar-refractivity contribution in [2.45, 2.75) is 40.0 Å². The van der Waals surface area contributed by atoms with Crippen molar-refractivity contribution in [2.24, 2.45) is 0 Å². The minimum absolute atomic E-state index is 0.0560. The predicted molar refractivity (Wildman–Crippen MR) is 121 cm³/mol. The number of benzene rings is 2. The average molecular weight is 421 g/mol. The maximum Gasteiger partial charge on any atom is 0.336 e. The van der Waals surface area contributed by atoms with Crippen LogP contribution in [0.4, 0.5) is 0 Å². The van der Waals surface area contributed by atoms with Crippen LogP contribution >= 0.6 is 0 Å². The number of ketones is 1. The van der Waals surface area contributed by atoms with Gasteiger partial charge in [-0.1, -0.05) is 18.2 Å². The highest BCUT2D eigenvalue weighted by Crippen LogP contribution is 2.51. The van der Waals surface area contributed by atoms with Gasteiger partial charge in [-0.3, -0.25) is 4.79 Å². The third-order valence-electron chi connectivity index (χ3n) is 6.43. The second-order valence-electron chi connectivity index (χ2n) is 8.10. The molecule has 0 aromatic heterocycles. The van der Waals surface area contributed by atoms with E-state index in [2.05, 4.69) is 0 Å². The Morgan fingerprint density at radius 3 is 2.00 bits per heavy atom. The minimum atomic E-state index is -1.09. The summed E-state index contributed by atoms with van der Waals surface area (Å²) in [5, 5.41) is 9.78. The van der Waals surface area contributed by atoms with Crippen LogP contribution in [0.25, 0.3) is 5.57 Å². The number of hydrogen-bond donors (Lipinski definition) is 1. The lowest BCUT2D eigenvalue weighted by Gasteiger charge is -2.38. The second kappa shape index (κ2) is 8.06. The molecule has 2 aromatic carbocycles. The molecule has 1 aliphatic rings. The van der Waals surface area contributed by atoms with E-state index in [4.69, 9.17) is 9.47 Å². The van der Waals surface area contributed by atoms with Crippen molar-refractivity contribution in [2.75, 3.05) is 14.2 Å². The molecule has 0 saturated carbocycles. The Balaban J connectivity index is 2.46. The maximum atomic E-state index is 13.8. The van der Waals surface area contributed by atoms with E-state index in [0.29, 0.717) is 28.2 Å². The highest BCUT2D eigenvalue weighted by Gasteiger charge is 2.47. The first-order valence-corrected chi connectivity index (χ1v) is 10.1. The first-order chi connectivity index (χ1) is 14.6. The monoisotopic (exact) mass is 420 g/mol. The van der Waals surface area contributed by atoms with Crippen LogP contribution in [-0.4, -0.2) is 31.1 Å². The number of carboxylic acid groups (broad SMARTS) is 1. The van der Waals surface area contributed by atoms with Crippen molar-refractivity contribution in [3.63, 3.8) is 0 Å². The van der Waals surface area contributed by atoms with E-state index in [1.807, 2.05) is 45.9 Å². The fourth-order valence-electron chi connectivity index (χ4n) is 4.56. The lowest BCUT2D eigenvalue weighted by molar-refractivity contribution is -0.119. The predicted octanol–water partition coefficient (Wildman–Crippen LogP) is 5.36. The van der Waals surface area contributed by atoms with Gasteiger partial charge < -0.3 is 14.6 Å². The molecule has 0 bridgehead atoms. The first-order valence-electron chi connectivity index (χ1n) is 10.1. The van der Waals surface area contributed by atoms with Crippen LogP contribution < -0.4 is 9.47 Å². The zero-order chi connectivity index (χ0) is 23.1. The summed E-state index contributed by atoms with van der Waals surface area (Å²) in [7, 11) is 3.14. The summed E-state index contributed by atoms with van der Waals surface area (Å²) in [5.41, 5.74) is 4.18. The van der Waals surface area contributed by atoms with Gasteiger partial charge in [0.1, 0.15) is 11.5 Å². The van der Waals surface area contributed by atoms with Gasteiger partial charge in [-0.2, -0.15) is 0 Å². The average Bonchev–Trinajstić information content (AvgIpc) is 2.76. The van der Waals surface area contributed by atoms with E-state index in [1.165, 1.54) is 0 Å². The van der Waals surface area contributed by atoms with Gasteiger partial charge in [0.25, 0.3) is 0 Å². The molecule has 31 heavy (non-hydrogen) atoms. The topological polar surface area (TPSA) is 72.8 Å². The van der Waals surface area contributed by atoms with Gasteiger partial charge in [-0.05, 0) is 86.2 Å². The van der Waals surface area contributed by atoms with E-state index in [9.17, 15) is 14.7 Å². The number of aryl methyl sites for hydroxylation is 1. The van der Waals surface area contributed by atoms with Crippen LogP contribution in [0.1, 0.15) is 54.7 Å². The minimum Gasteiger partial charge on any atom is -0.496 e. The summed E-state index contributed by atoms with van der Waals surface area (Å²) in [4.78, 5) is 25.7. The van der Waals surface area contributed by atoms with Crippen LogP contribution in [0.3, 0.4) is 0 Å². The van der Waals surface area contributed by atoms with Crippen molar-refractivity contribution < 1.29 is 24.2 Å². The van der Waals surface area contributed by atoms with Gasteiger partial charge in [0, 0.05) is 0 Å². The zero-order valence-corrected chi connectivity index (χ0v) is 19.0. The molecular weight excluding hydrogens is 392 g/mol. The number of carbonyl (C=O) groups is 2. The maximum absolute atomic E-state index is 13.8. The van der Waals surface area contributed by atoms with Crippen LogP contribution in [0, 0.1) is 6.92 Å². The third kappa shape index (κ3) is 3.34. The molecule has 0 amide bonds. The molecule has 162 valence electrons. The SMILES string of the molecule is COc1cc(C)cc(OC)c1C1(C)C(=O)C(C)=C(C)C(c2ccccc2C(=O)O)=C1C. The highest BCUT2D eigenvalue weighted by molar-refractivity contribution is 6.14. The van der Waals surface area contributed by atoms with Gasteiger partial charge in [-0.15, -0.1) is 0 Å². The van der Waals surface area contributed by atoms with Crippen molar-refractivity contribution in [3.05, 3.63) is 75.4 Å². The third-order valence-corrected chi connectivity index (χ3v) is 6.43. The van der Waals surface area contributed by atoms with Crippen molar-refractivity contribution in [1.29, 1.82) is 0 Å². The van der Waals surface area contributed by atoms with Gasteiger partial charge in [0.2, 0.25) is 0 Å². The quantitative estimate of drug-likeness (QED) is 0.705. The van der Waals surface area contributed by atoms with Crippen molar-refractivity contribution in [1.82, 2.24) is 0 Å². The number of allylic oxidation sites excluding steroid dienone is 4. The zero-order valence-electron chi connectivity index (χ0n) is 19.0. The van der Waals surface area contributed by atoms with E-state index in [0.717, 1.165) is 22.3 Å². The molecule has 2 aromatic rings. The summed E-state index contributed by atoms with van der Waals surface area (Å²) < 4.78 is 11.4. The summed E-state index contributed by atoms with van der Waals surface area (Å²) >= 11 is 0. The van der Waals surface area contributed by atoms with E-state index in [-0.39, 0.29) is 11.3 Å². The number of methoxy groups -OCH3 is 2. The number of carboxylic acids is 1. The number of rotatable bonds is 5. The standard InChI is InChI=1S/C26H28O5/c1-14-12-20(30-6)23(21(13-14)31-7)26(5)17(4)22(15(2)16(3)24(26)27)18-10-8-9-11-19(18)25(28)29/h8-13H,1-7H3,(H,28,29). The van der Waals surface area contributed by atoms with Crippen LogP contribution in [0.15, 0.2) is 53.1 Å². The van der Waals surface area contributed by atoms with Gasteiger partial charge in [0.05, 0.1) is 30.8 Å². The Morgan fingerprint density at radius 2 is 1.48 bits per heavy atom. The molecule has 0 aliphatic heterocycles. The summed E-state index contributed by atoms with van der Waals surface area (Å²) in [5.74, 6) is 0.0560. The normalized spacial score (nSPS) is 19.0. The lowest BCUT2D eigenvalue weighted by atomic mass is 9.63. The molecule has 5 nitrogen and oxygen atoms in total. The molecule has 0 saturated heterocycles. The molecule has 5 heteroatoms. The molecule has 0 fully saturated rings. The summed E-state index contributed by atoms with van der Waals surface area (Å²) in [6, 6.07) is 10.7. The molecule has 1 aliphatic carbocycles. The van der Waals surface area contributed by atoms with E-state index in [1.54, 1.807) is 39.3 Å². The fraction of sp³-hybridized carbons (Fsp3) is 0.308. The number of aromatic carboxylic acids is 1. The van der Waals surface area contributed by atoms with Gasteiger partial charge in [-0.25, -0.2) is 4.79 Å². The first kappa shape index (κ1) is 22.3. The molecule has 0 spiro atoms. The van der Waals surface area contributed by atoms with E-state index < -0.39 is 11.4 Å². The Bertz CT molecular complexity index is 1130. The molecule has 0 radical (unpaired) electrons. The smallest absolute Gasteiger partial charge is 0.336 e. The molecule has 3 rings (SSSR count). The van der Waals surface area contributed by atoms with E-state index >= 15 is 0 Å². The van der Waals surface area contributed by atoms with Crippen molar-refractivity contribution in [3.8, 4) is 11.5 Å². The lowest BCUT2D eigenvalue weighted by Crippen LogP contribution is -2.39. The van der Waals surface area contributed by atoms with Crippen molar-refractivity contribution >= 4 is 17.3 Å². The number of carbonyl (C=O) groups excluding carboxylic acids is 1. The number of hydrogen-bond acceptors (Lipinski definition) is 4. The summed E-state index contributed by atoms with van der Waals surface area (Å²) in [6.45, 7) is 9.35. The number of Topliss-reactive ketones (excluding diaryl/α,β-unsaturated/α-hetero) is 1. The fourth-order valence-corrected chi connectivity index (χ4v) is 4.56. The summed E-state index contributed by atoms with van der Waals surface area (Å²) in [6.07, 6.45) is 0.